The number of carbonyl (C=O) groups is 1. The Morgan fingerprint density at radius 1 is 1.24 bits per heavy atom. The van der Waals surface area contributed by atoms with Crippen molar-refractivity contribution in [3.05, 3.63) is 42.0 Å². The number of hydrogen-bond acceptors (Lipinski definition) is 3. The smallest absolute Gasteiger partial charge is 0.240 e. The van der Waals surface area contributed by atoms with E-state index >= 15 is 0 Å². The molecule has 0 aliphatic rings. The number of carbonyl (C=O) groups excluding carboxylic acids is 1. The molecular formula is C17H20N2O2. The summed E-state index contributed by atoms with van der Waals surface area (Å²) in [6.45, 7) is 2.10. The predicted octanol–water partition coefficient (Wildman–Crippen LogP) is 3.58. The average molecular weight is 284 g/mol. The van der Waals surface area contributed by atoms with Crippen LogP contribution in [0.4, 0.5) is 0 Å². The Balaban J connectivity index is 2.07. The summed E-state index contributed by atoms with van der Waals surface area (Å²) < 4.78 is 0. The molecule has 21 heavy (non-hydrogen) atoms. The molecule has 2 aromatic carbocycles. The maximum Gasteiger partial charge on any atom is 0.240 e. The average Bonchev–Trinajstić information content (AvgIpc) is 2.50. The zero-order valence-electron chi connectivity index (χ0n) is 12.2. The fourth-order valence-corrected chi connectivity index (χ4v) is 2.18. The van der Waals surface area contributed by atoms with Crippen molar-refractivity contribution in [3.63, 3.8) is 0 Å². The second kappa shape index (κ2) is 7.43. The van der Waals surface area contributed by atoms with Gasteiger partial charge in [0.1, 0.15) is 5.75 Å². The summed E-state index contributed by atoms with van der Waals surface area (Å²) in [6.07, 6.45) is 4.97. The molecule has 0 aliphatic carbocycles. The number of hydrogen-bond donors (Lipinski definition) is 2. The molecule has 2 rings (SSSR count). The molecule has 2 N–H and O–H groups in total. The zero-order valence-corrected chi connectivity index (χ0v) is 12.2. The van der Waals surface area contributed by atoms with E-state index in [9.17, 15) is 9.90 Å². The highest BCUT2D eigenvalue weighted by atomic mass is 16.3. The van der Waals surface area contributed by atoms with Crippen LogP contribution in [-0.2, 0) is 4.79 Å². The number of nitrogens with zero attached hydrogens (tertiary/aromatic N) is 1. The topological polar surface area (TPSA) is 61.7 Å². The number of benzene rings is 2. The van der Waals surface area contributed by atoms with Gasteiger partial charge in [-0.15, -0.1) is 0 Å². The lowest BCUT2D eigenvalue weighted by atomic mass is 10.0. The van der Waals surface area contributed by atoms with Crippen molar-refractivity contribution in [2.45, 2.75) is 32.6 Å². The van der Waals surface area contributed by atoms with E-state index < -0.39 is 0 Å². The molecule has 0 bridgehead atoms. The first kappa shape index (κ1) is 15.0. The summed E-state index contributed by atoms with van der Waals surface area (Å²) in [6, 6.07) is 11.2. The molecule has 110 valence electrons. The lowest BCUT2D eigenvalue weighted by Crippen LogP contribution is -2.16. The molecule has 2 aromatic rings. The van der Waals surface area contributed by atoms with E-state index in [-0.39, 0.29) is 11.7 Å². The first-order valence-electron chi connectivity index (χ1n) is 7.25. The van der Waals surface area contributed by atoms with Gasteiger partial charge in [0.25, 0.3) is 0 Å². The number of phenols is 1. The van der Waals surface area contributed by atoms with Crippen LogP contribution in [0.3, 0.4) is 0 Å². The molecule has 0 saturated carbocycles. The number of aromatic hydroxyl groups is 1. The summed E-state index contributed by atoms with van der Waals surface area (Å²) in [5.41, 5.74) is 3.11. The number of hydrazone groups is 1. The van der Waals surface area contributed by atoms with Crippen molar-refractivity contribution in [3.8, 4) is 5.75 Å². The Hall–Kier alpha value is -2.36. The van der Waals surface area contributed by atoms with Gasteiger partial charge in [-0.2, -0.15) is 5.10 Å². The Bertz CT molecular complexity index is 650. The third-order valence-electron chi connectivity index (χ3n) is 3.34. The monoisotopic (exact) mass is 284 g/mol. The van der Waals surface area contributed by atoms with Crippen LogP contribution in [0.1, 0.15) is 38.2 Å². The van der Waals surface area contributed by atoms with Gasteiger partial charge in [0, 0.05) is 12.0 Å². The fraction of sp³-hybridized carbons (Fsp3) is 0.294. The Morgan fingerprint density at radius 3 is 2.86 bits per heavy atom. The summed E-state index contributed by atoms with van der Waals surface area (Å²) in [5.74, 6) is 0.0529. The molecule has 1 amide bonds. The maximum atomic E-state index is 11.6. The minimum atomic E-state index is -0.0978. The fourth-order valence-electron chi connectivity index (χ4n) is 2.18. The van der Waals surface area contributed by atoms with E-state index in [0.29, 0.717) is 12.0 Å². The highest BCUT2D eigenvalue weighted by Gasteiger charge is 2.04. The van der Waals surface area contributed by atoms with E-state index in [1.54, 1.807) is 6.07 Å². The molecule has 0 saturated heterocycles. The summed E-state index contributed by atoms with van der Waals surface area (Å²) >= 11 is 0. The lowest BCUT2D eigenvalue weighted by Gasteiger charge is -2.04. The minimum absolute atomic E-state index is 0.0978. The molecule has 0 spiro atoms. The highest BCUT2D eigenvalue weighted by Crippen LogP contribution is 2.25. The SMILES string of the molecule is CCCCCC(=O)N/N=C\c1c(O)ccc2ccccc12. The largest absolute Gasteiger partial charge is 0.507 e. The second-order valence-corrected chi connectivity index (χ2v) is 4.97. The minimum Gasteiger partial charge on any atom is -0.507 e. The van der Waals surface area contributed by atoms with Gasteiger partial charge in [-0.1, -0.05) is 50.1 Å². The number of unbranched alkanes of at least 4 members (excludes halogenated alkanes) is 2. The Kier molecular flexibility index (Phi) is 5.32. The van der Waals surface area contributed by atoms with Crippen LogP contribution >= 0.6 is 0 Å². The molecule has 0 unspecified atom stereocenters. The van der Waals surface area contributed by atoms with Gasteiger partial charge in [0.15, 0.2) is 0 Å². The van der Waals surface area contributed by atoms with Gasteiger partial charge >= 0.3 is 0 Å². The summed E-state index contributed by atoms with van der Waals surface area (Å²) in [7, 11) is 0. The molecule has 0 aliphatic heterocycles. The van der Waals surface area contributed by atoms with E-state index in [2.05, 4.69) is 17.5 Å². The van der Waals surface area contributed by atoms with E-state index in [4.69, 9.17) is 0 Å². The number of nitrogens with one attached hydrogen (secondary N) is 1. The van der Waals surface area contributed by atoms with Crippen molar-refractivity contribution in [2.75, 3.05) is 0 Å². The normalized spacial score (nSPS) is 11.1. The Labute approximate surface area is 124 Å². The van der Waals surface area contributed by atoms with Crippen LogP contribution in [0.5, 0.6) is 5.75 Å². The molecular weight excluding hydrogens is 264 g/mol. The summed E-state index contributed by atoms with van der Waals surface area (Å²) in [5, 5.41) is 15.8. The quantitative estimate of drug-likeness (QED) is 0.484. The lowest BCUT2D eigenvalue weighted by molar-refractivity contribution is -0.121. The van der Waals surface area contributed by atoms with Gasteiger partial charge in [-0.25, -0.2) is 5.43 Å². The van der Waals surface area contributed by atoms with Crippen LogP contribution in [-0.4, -0.2) is 17.2 Å². The molecule has 0 aromatic heterocycles. The third-order valence-corrected chi connectivity index (χ3v) is 3.34. The molecule has 0 radical (unpaired) electrons. The van der Waals surface area contributed by atoms with Crippen molar-refractivity contribution in [1.29, 1.82) is 0 Å². The number of fused-ring (bicyclic) bond motifs is 1. The number of rotatable bonds is 6. The van der Waals surface area contributed by atoms with Crippen LogP contribution in [0, 0.1) is 0 Å². The van der Waals surface area contributed by atoms with Crippen LogP contribution < -0.4 is 5.43 Å². The first-order chi connectivity index (χ1) is 10.2. The zero-order chi connectivity index (χ0) is 15.1. The van der Waals surface area contributed by atoms with Crippen molar-refractivity contribution in [2.24, 2.45) is 5.10 Å². The van der Waals surface area contributed by atoms with Gasteiger partial charge in [0.05, 0.1) is 6.21 Å². The predicted molar refractivity (Wildman–Crippen MR) is 85.5 cm³/mol. The summed E-state index contributed by atoms with van der Waals surface area (Å²) in [4.78, 5) is 11.6. The molecule has 0 atom stereocenters. The molecule has 4 heteroatoms. The van der Waals surface area contributed by atoms with Gasteiger partial charge < -0.3 is 5.11 Å². The van der Waals surface area contributed by atoms with Crippen LogP contribution in [0.2, 0.25) is 0 Å². The Morgan fingerprint density at radius 2 is 2.05 bits per heavy atom. The van der Waals surface area contributed by atoms with Gasteiger partial charge in [0.2, 0.25) is 5.91 Å². The van der Waals surface area contributed by atoms with E-state index in [1.165, 1.54) is 6.21 Å². The molecule has 0 heterocycles. The maximum absolute atomic E-state index is 11.6. The van der Waals surface area contributed by atoms with Crippen molar-refractivity contribution >= 4 is 22.9 Å². The van der Waals surface area contributed by atoms with Gasteiger partial charge in [-0.3, -0.25) is 4.79 Å². The third kappa shape index (κ3) is 4.05. The molecule has 4 nitrogen and oxygen atoms in total. The van der Waals surface area contributed by atoms with Crippen LogP contribution in [0.25, 0.3) is 10.8 Å². The van der Waals surface area contributed by atoms with E-state index in [1.807, 2.05) is 30.3 Å². The number of phenolic OH excluding ortho intramolecular Hbond substituents is 1. The van der Waals surface area contributed by atoms with Crippen molar-refractivity contribution in [1.82, 2.24) is 5.43 Å². The standard InChI is InChI=1S/C17H20N2O2/c1-2-3-4-9-17(21)19-18-12-15-14-8-6-5-7-13(14)10-11-16(15)20/h5-8,10-12,20H,2-4,9H2,1H3,(H,19,21)/b18-12-. The van der Waals surface area contributed by atoms with Crippen molar-refractivity contribution < 1.29 is 9.90 Å². The number of amides is 1. The first-order valence-corrected chi connectivity index (χ1v) is 7.25. The van der Waals surface area contributed by atoms with Gasteiger partial charge in [-0.05, 0) is 23.3 Å². The second-order valence-electron chi connectivity index (χ2n) is 4.97. The molecule has 0 fully saturated rings. The van der Waals surface area contributed by atoms with E-state index in [0.717, 1.165) is 30.0 Å². The highest BCUT2D eigenvalue weighted by molar-refractivity contribution is 6.02. The van der Waals surface area contributed by atoms with Crippen LogP contribution in [0.15, 0.2) is 41.5 Å².